The minimum atomic E-state index is -0.488. The Kier molecular flexibility index (Phi) is 5.68. The van der Waals surface area contributed by atoms with Gasteiger partial charge in [0.05, 0.1) is 40.5 Å². The van der Waals surface area contributed by atoms with E-state index >= 15 is 0 Å². The molecule has 5 rings (SSSR count). The Morgan fingerprint density at radius 1 is 1.18 bits per heavy atom. The van der Waals surface area contributed by atoms with Crippen molar-refractivity contribution in [2.24, 2.45) is 11.7 Å². The summed E-state index contributed by atoms with van der Waals surface area (Å²) in [4.78, 5) is 24.1. The molecule has 33 heavy (non-hydrogen) atoms. The van der Waals surface area contributed by atoms with E-state index in [1.807, 2.05) is 30.3 Å². The van der Waals surface area contributed by atoms with Crippen molar-refractivity contribution in [3.8, 4) is 5.69 Å². The van der Waals surface area contributed by atoms with E-state index < -0.39 is 5.91 Å². The molecule has 0 atom stereocenters. The zero-order valence-corrected chi connectivity index (χ0v) is 19.5. The van der Waals surface area contributed by atoms with Crippen LogP contribution in [0.25, 0.3) is 27.6 Å². The van der Waals surface area contributed by atoms with E-state index in [1.54, 1.807) is 6.20 Å². The number of morpholine rings is 1. The van der Waals surface area contributed by atoms with Crippen molar-refractivity contribution in [2.45, 2.75) is 20.3 Å². The molecule has 0 saturated carbocycles. The van der Waals surface area contributed by atoms with Crippen LogP contribution >= 0.6 is 11.6 Å². The van der Waals surface area contributed by atoms with Crippen LogP contribution in [0.5, 0.6) is 0 Å². The summed E-state index contributed by atoms with van der Waals surface area (Å²) in [6.45, 7) is 7.11. The van der Waals surface area contributed by atoms with Gasteiger partial charge in [0, 0.05) is 36.8 Å². The van der Waals surface area contributed by atoms with Gasteiger partial charge >= 0.3 is 0 Å². The summed E-state index contributed by atoms with van der Waals surface area (Å²) in [6, 6.07) is 11.7. The highest BCUT2D eigenvalue weighted by atomic mass is 35.5. The maximum Gasteiger partial charge on any atom is 0.251 e. The lowest BCUT2D eigenvalue weighted by Gasteiger charge is -2.29. The van der Waals surface area contributed by atoms with Crippen molar-refractivity contribution in [1.82, 2.24) is 14.5 Å². The summed E-state index contributed by atoms with van der Waals surface area (Å²) in [5.74, 6) is 0.751. The lowest BCUT2D eigenvalue weighted by atomic mass is 10.1. The van der Waals surface area contributed by atoms with E-state index in [0.717, 1.165) is 53.1 Å². The highest BCUT2D eigenvalue weighted by Gasteiger charge is 2.23. The van der Waals surface area contributed by atoms with Crippen LogP contribution in [0, 0.1) is 5.92 Å². The molecule has 7 nitrogen and oxygen atoms in total. The van der Waals surface area contributed by atoms with Gasteiger partial charge in [-0.05, 0) is 30.2 Å². The third-order valence-corrected chi connectivity index (χ3v) is 6.29. The molecule has 0 bridgehead atoms. The molecule has 1 fully saturated rings. The molecule has 0 spiro atoms. The molecule has 0 radical (unpaired) electrons. The average molecular weight is 464 g/mol. The number of para-hydroxylation sites is 1. The van der Waals surface area contributed by atoms with Crippen molar-refractivity contribution in [1.29, 1.82) is 0 Å². The van der Waals surface area contributed by atoms with Gasteiger partial charge in [-0.3, -0.25) is 14.3 Å². The molecule has 1 aliphatic rings. The average Bonchev–Trinajstić information content (AvgIpc) is 3.15. The number of aromatic nitrogens is 3. The number of rotatable bonds is 5. The number of hydrogen-bond donors (Lipinski definition) is 1. The van der Waals surface area contributed by atoms with E-state index in [2.05, 4.69) is 34.4 Å². The lowest BCUT2D eigenvalue weighted by molar-refractivity contribution is 0.100. The van der Waals surface area contributed by atoms with Crippen molar-refractivity contribution >= 4 is 45.1 Å². The predicted molar refractivity (Wildman–Crippen MR) is 131 cm³/mol. The molecule has 2 N–H and O–H groups in total. The monoisotopic (exact) mass is 463 g/mol. The number of nitrogens with two attached hydrogens (primary N) is 1. The number of amides is 1. The third-order valence-electron chi connectivity index (χ3n) is 5.99. The maximum absolute atomic E-state index is 12.5. The zero-order valence-electron chi connectivity index (χ0n) is 18.7. The van der Waals surface area contributed by atoms with Crippen LogP contribution in [0.1, 0.15) is 30.0 Å². The minimum absolute atomic E-state index is 0.369. The van der Waals surface area contributed by atoms with Gasteiger partial charge in [-0.2, -0.15) is 0 Å². The van der Waals surface area contributed by atoms with Gasteiger partial charge < -0.3 is 15.4 Å². The van der Waals surface area contributed by atoms with Crippen LogP contribution in [0.2, 0.25) is 5.02 Å². The van der Waals surface area contributed by atoms with E-state index in [0.29, 0.717) is 35.2 Å². The van der Waals surface area contributed by atoms with Crippen LogP contribution in [0.15, 0.2) is 42.6 Å². The number of halogens is 1. The predicted octanol–water partition coefficient (Wildman–Crippen LogP) is 4.36. The fourth-order valence-corrected chi connectivity index (χ4v) is 4.72. The first-order valence-electron chi connectivity index (χ1n) is 11.2. The quantitative estimate of drug-likeness (QED) is 0.475. The molecule has 2 aromatic heterocycles. The SMILES string of the molecule is CC(C)Cc1nc2c(C(N)=O)cc(N3CCOCC3)cc2n1-c1ccnc2c(Cl)cccc12. The number of hydrogen-bond acceptors (Lipinski definition) is 5. The van der Waals surface area contributed by atoms with Crippen LogP contribution in [-0.2, 0) is 11.2 Å². The first-order chi connectivity index (χ1) is 15.9. The van der Waals surface area contributed by atoms with E-state index in [-0.39, 0.29) is 0 Å². The van der Waals surface area contributed by atoms with Gasteiger partial charge in [-0.15, -0.1) is 0 Å². The summed E-state index contributed by atoms with van der Waals surface area (Å²) in [5, 5.41) is 1.52. The number of ether oxygens (including phenoxy) is 1. The zero-order chi connectivity index (χ0) is 23.1. The van der Waals surface area contributed by atoms with E-state index in [1.165, 1.54) is 0 Å². The summed E-state index contributed by atoms with van der Waals surface area (Å²) >= 11 is 6.46. The Morgan fingerprint density at radius 3 is 2.70 bits per heavy atom. The second-order valence-electron chi connectivity index (χ2n) is 8.75. The van der Waals surface area contributed by atoms with Gasteiger partial charge in [0.15, 0.2) is 0 Å². The second-order valence-corrected chi connectivity index (χ2v) is 9.16. The largest absolute Gasteiger partial charge is 0.378 e. The number of benzene rings is 2. The van der Waals surface area contributed by atoms with Gasteiger partial charge in [-0.1, -0.05) is 37.6 Å². The normalized spacial score (nSPS) is 14.5. The van der Waals surface area contributed by atoms with Gasteiger partial charge in [0.25, 0.3) is 5.91 Å². The van der Waals surface area contributed by atoms with Crippen molar-refractivity contribution < 1.29 is 9.53 Å². The fraction of sp³-hybridized carbons (Fsp3) is 0.320. The molecular weight excluding hydrogens is 438 g/mol. The Labute approximate surface area is 197 Å². The highest BCUT2D eigenvalue weighted by molar-refractivity contribution is 6.35. The number of carbonyl (C=O) groups is 1. The number of primary amides is 1. The van der Waals surface area contributed by atoms with Crippen molar-refractivity contribution in [2.75, 3.05) is 31.2 Å². The number of imidazole rings is 1. The van der Waals surface area contributed by atoms with Gasteiger partial charge in [0.2, 0.25) is 0 Å². The molecule has 1 aliphatic heterocycles. The van der Waals surface area contributed by atoms with Gasteiger partial charge in [-0.25, -0.2) is 4.98 Å². The summed E-state index contributed by atoms with van der Waals surface area (Å²) < 4.78 is 7.65. The van der Waals surface area contributed by atoms with E-state index in [4.69, 9.17) is 27.1 Å². The molecule has 0 unspecified atom stereocenters. The van der Waals surface area contributed by atoms with Gasteiger partial charge in [0.1, 0.15) is 11.3 Å². The summed E-state index contributed by atoms with van der Waals surface area (Å²) in [5.41, 5.74) is 10.3. The highest BCUT2D eigenvalue weighted by Crippen LogP contribution is 2.34. The molecule has 4 aromatic rings. The smallest absolute Gasteiger partial charge is 0.251 e. The number of pyridine rings is 1. The standard InChI is InChI=1S/C25H26ClN5O2/c1-15(2)12-22-29-24-18(25(27)32)13-16(30-8-10-33-11-9-30)14-21(24)31(22)20-6-7-28-23-17(20)4-3-5-19(23)26/h3-7,13-15H,8-12H2,1-2H3,(H2,27,32). The van der Waals surface area contributed by atoms with Crippen molar-refractivity contribution in [3.05, 3.63) is 59.0 Å². The Morgan fingerprint density at radius 2 is 1.97 bits per heavy atom. The third kappa shape index (κ3) is 3.92. The molecule has 3 heterocycles. The van der Waals surface area contributed by atoms with Crippen LogP contribution < -0.4 is 10.6 Å². The molecule has 1 saturated heterocycles. The van der Waals surface area contributed by atoms with Crippen LogP contribution in [0.3, 0.4) is 0 Å². The fourth-order valence-electron chi connectivity index (χ4n) is 4.49. The van der Waals surface area contributed by atoms with Crippen LogP contribution in [0.4, 0.5) is 5.69 Å². The molecule has 1 amide bonds. The molecular formula is C25H26ClN5O2. The lowest BCUT2D eigenvalue weighted by Crippen LogP contribution is -2.36. The number of fused-ring (bicyclic) bond motifs is 2. The van der Waals surface area contributed by atoms with Crippen molar-refractivity contribution in [3.63, 3.8) is 0 Å². The summed E-state index contributed by atoms with van der Waals surface area (Å²) in [7, 11) is 0. The van der Waals surface area contributed by atoms with E-state index in [9.17, 15) is 4.79 Å². The Hall–Kier alpha value is -3.16. The summed E-state index contributed by atoms with van der Waals surface area (Å²) in [6.07, 6.45) is 2.50. The first kappa shape index (κ1) is 21.7. The molecule has 170 valence electrons. The molecule has 0 aliphatic carbocycles. The number of carbonyl (C=O) groups excluding carboxylic acids is 1. The molecule has 8 heteroatoms. The second kappa shape index (κ2) is 8.65. The topological polar surface area (TPSA) is 86.3 Å². The Balaban J connectivity index is 1.84. The Bertz CT molecular complexity index is 1360. The molecule has 2 aromatic carbocycles. The van der Waals surface area contributed by atoms with Crippen LogP contribution in [-0.4, -0.2) is 46.7 Å². The number of anilines is 1. The minimum Gasteiger partial charge on any atom is -0.378 e. The first-order valence-corrected chi connectivity index (χ1v) is 11.5. The maximum atomic E-state index is 12.5. The number of nitrogens with zero attached hydrogens (tertiary/aromatic N) is 4.